The van der Waals surface area contributed by atoms with Crippen LogP contribution < -0.4 is 10.6 Å². The van der Waals surface area contributed by atoms with Crippen molar-refractivity contribution in [2.75, 3.05) is 11.9 Å². The van der Waals surface area contributed by atoms with Crippen LogP contribution in [-0.2, 0) is 4.79 Å². The van der Waals surface area contributed by atoms with E-state index in [9.17, 15) is 4.79 Å². The molecule has 0 aliphatic carbocycles. The third-order valence-electron chi connectivity index (χ3n) is 2.48. The zero-order valence-corrected chi connectivity index (χ0v) is 9.56. The maximum atomic E-state index is 11.8. The van der Waals surface area contributed by atoms with E-state index < -0.39 is 0 Å². The lowest BCUT2D eigenvalue weighted by Crippen LogP contribution is -2.43. The van der Waals surface area contributed by atoms with Gasteiger partial charge in [0.25, 0.3) is 0 Å². The molecule has 0 aromatic carbocycles. The number of hydrogen-bond donors (Lipinski definition) is 2. The standard InChI is InChI=1S/C10H15N3OS/c1-7-6-15-10(12-7)13-9(14)8-4-2-3-5-11-8/h6,8,11H,2-5H2,1H3,(H,12,13,14). The summed E-state index contributed by atoms with van der Waals surface area (Å²) in [5.74, 6) is 0.0454. The summed E-state index contributed by atoms with van der Waals surface area (Å²) < 4.78 is 0. The predicted molar refractivity (Wildman–Crippen MR) is 61.1 cm³/mol. The summed E-state index contributed by atoms with van der Waals surface area (Å²) in [5.41, 5.74) is 0.951. The van der Waals surface area contributed by atoms with Crippen LogP contribution in [0.25, 0.3) is 0 Å². The second-order valence-corrected chi connectivity index (χ2v) is 4.64. The molecule has 15 heavy (non-hydrogen) atoms. The third-order valence-corrected chi connectivity index (χ3v) is 3.35. The summed E-state index contributed by atoms with van der Waals surface area (Å²) in [6, 6.07) is -0.0389. The first-order chi connectivity index (χ1) is 7.25. The molecule has 0 saturated carbocycles. The average molecular weight is 225 g/mol. The lowest BCUT2D eigenvalue weighted by atomic mass is 10.0. The van der Waals surface area contributed by atoms with Crippen molar-refractivity contribution in [2.45, 2.75) is 32.2 Å². The largest absolute Gasteiger partial charge is 0.306 e. The molecule has 1 fully saturated rings. The van der Waals surface area contributed by atoms with Gasteiger partial charge in [-0.05, 0) is 26.3 Å². The molecule has 0 radical (unpaired) electrons. The van der Waals surface area contributed by atoms with Gasteiger partial charge in [0.1, 0.15) is 0 Å². The minimum absolute atomic E-state index is 0.0389. The molecule has 1 aliphatic heterocycles. The van der Waals surface area contributed by atoms with Crippen molar-refractivity contribution in [2.24, 2.45) is 0 Å². The van der Waals surface area contributed by atoms with E-state index in [1.54, 1.807) is 0 Å². The van der Waals surface area contributed by atoms with Crippen molar-refractivity contribution in [3.8, 4) is 0 Å². The van der Waals surface area contributed by atoms with Crippen molar-refractivity contribution >= 4 is 22.4 Å². The molecule has 1 atom stereocenters. The van der Waals surface area contributed by atoms with Crippen LogP contribution in [0.5, 0.6) is 0 Å². The van der Waals surface area contributed by atoms with Gasteiger partial charge in [-0.15, -0.1) is 11.3 Å². The van der Waals surface area contributed by atoms with Gasteiger partial charge >= 0.3 is 0 Å². The van der Waals surface area contributed by atoms with E-state index >= 15 is 0 Å². The number of thiazole rings is 1. The van der Waals surface area contributed by atoms with Gasteiger partial charge in [-0.3, -0.25) is 4.79 Å². The molecule has 1 aromatic heterocycles. The number of rotatable bonds is 2. The SMILES string of the molecule is Cc1csc(NC(=O)C2CCCCN2)n1. The second-order valence-electron chi connectivity index (χ2n) is 3.79. The highest BCUT2D eigenvalue weighted by Crippen LogP contribution is 2.16. The molecule has 1 aliphatic rings. The molecule has 0 bridgehead atoms. The first-order valence-electron chi connectivity index (χ1n) is 5.22. The molecule has 5 heteroatoms. The Morgan fingerprint density at radius 3 is 3.13 bits per heavy atom. The monoisotopic (exact) mass is 225 g/mol. The molecule has 1 saturated heterocycles. The second kappa shape index (κ2) is 4.72. The van der Waals surface area contributed by atoms with Crippen LogP contribution in [0.2, 0.25) is 0 Å². The van der Waals surface area contributed by atoms with E-state index in [0.29, 0.717) is 5.13 Å². The number of carbonyl (C=O) groups is 1. The van der Waals surface area contributed by atoms with Gasteiger partial charge in [-0.1, -0.05) is 6.42 Å². The van der Waals surface area contributed by atoms with Crippen LogP contribution in [-0.4, -0.2) is 23.5 Å². The van der Waals surface area contributed by atoms with Crippen molar-refractivity contribution in [1.29, 1.82) is 0 Å². The molecule has 82 valence electrons. The Bertz CT molecular complexity index is 344. The number of amides is 1. The zero-order chi connectivity index (χ0) is 10.7. The predicted octanol–water partition coefficient (Wildman–Crippen LogP) is 1.53. The molecule has 1 aromatic rings. The van der Waals surface area contributed by atoms with Crippen LogP contribution in [0.4, 0.5) is 5.13 Å². The number of nitrogens with zero attached hydrogens (tertiary/aromatic N) is 1. The summed E-state index contributed by atoms with van der Waals surface area (Å²) in [7, 11) is 0. The summed E-state index contributed by atoms with van der Waals surface area (Å²) >= 11 is 1.47. The quantitative estimate of drug-likeness (QED) is 0.802. The van der Waals surface area contributed by atoms with Crippen molar-refractivity contribution in [3.05, 3.63) is 11.1 Å². The van der Waals surface area contributed by atoms with E-state index in [1.165, 1.54) is 17.8 Å². The van der Waals surface area contributed by atoms with E-state index in [0.717, 1.165) is 25.1 Å². The maximum absolute atomic E-state index is 11.8. The fraction of sp³-hybridized carbons (Fsp3) is 0.600. The zero-order valence-electron chi connectivity index (χ0n) is 8.75. The topological polar surface area (TPSA) is 54.0 Å². The van der Waals surface area contributed by atoms with Gasteiger partial charge in [-0.2, -0.15) is 0 Å². The number of aromatic nitrogens is 1. The Labute approximate surface area is 93.1 Å². The Hall–Kier alpha value is -0.940. The number of aryl methyl sites for hydroxylation is 1. The highest BCUT2D eigenvalue weighted by atomic mass is 32.1. The summed E-state index contributed by atoms with van der Waals surface area (Å²) in [5, 5.41) is 8.68. The molecule has 1 unspecified atom stereocenters. The fourth-order valence-corrected chi connectivity index (χ4v) is 2.37. The maximum Gasteiger partial charge on any atom is 0.243 e. The number of carbonyl (C=O) groups excluding carboxylic acids is 1. The van der Waals surface area contributed by atoms with Crippen LogP contribution in [0.3, 0.4) is 0 Å². The van der Waals surface area contributed by atoms with Crippen molar-refractivity contribution in [1.82, 2.24) is 10.3 Å². The molecular formula is C10H15N3OS. The molecule has 2 heterocycles. The number of anilines is 1. The smallest absolute Gasteiger partial charge is 0.243 e. The normalized spacial score (nSPS) is 21.3. The first-order valence-corrected chi connectivity index (χ1v) is 6.10. The van der Waals surface area contributed by atoms with Crippen LogP contribution in [0, 0.1) is 6.92 Å². The highest BCUT2D eigenvalue weighted by molar-refractivity contribution is 7.13. The van der Waals surface area contributed by atoms with Gasteiger partial charge in [0.05, 0.1) is 11.7 Å². The summed E-state index contributed by atoms with van der Waals surface area (Å²) in [6.07, 6.45) is 3.22. The molecule has 1 amide bonds. The highest BCUT2D eigenvalue weighted by Gasteiger charge is 2.20. The Kier molecular flexibility index (Phi) is 3.33. The van der Waals surface area contributed by atoms with Crippen LogP contribution in [0.1, 0.15) is 25.0 Å². The van der Waals surface area contributed by atoms with E-state index in [-0.39, 0.29) is 11.9 Å². The number of piperidine rings is 1. The molecular weight excluding hydrogens is 210 g/mol. The number of nitrogens with one attached hydrogen (secondary N) is 2. The fourth-order valence-electron chi connectivity index (χ4n) is 1.68. The summed E-state index contributed by atoms with van der Waals surface area (Å²) in [6.45, 7) is 2.86. The van der Waals surface area contributed by atoms with E-state index in [2.05, 4.69) is 15.6 Å². The van der Waals surface area contributed by atoms with Gasteiger partial charge in [0.15, 0.2) is 5.13 Å². The van der Waals surface area contributed by atoms with Gasteiger partial charge in [-0.25, -0.2) is 4.98 Å². The van der Waals surface area contributed by atoms with Gasteiger partial charge < -0.3 is 10.6 Å². The number of hydrogen-bond acceptors (Lipinski definition) is 4. The van der Waals surface area contributed by atoms with Crippen molar-refractivity contribution < 1.29 is 4.79 Å². The minimum Gasteiger partial charge on any atom is -0.306 e. The Morgan fingerprint density at radius 2 is 2.53 bits per heavy atom. The van der Waals surface area contributed by atoms with Gasteiger partial charge in [0.2, 0.25) is 5.91 Å². The minimum atomic E-state index is -0.0389. The van der Waals surface area contributed by atoms with Crippen LogP contribution in [0.15, 0.2) is 5.38 Å². The lowest BCUT2D eigenvalue weighted by Gasteiger charge is -2.21. The lowest BCUT2D eigenvalue weighted by molar-refractivity contribution is -0.118. The third kappa shape index (κ3) is 2.76. The molecule has 4 nitrogen and oxygen atoms in total. The first kappa shape index (κ1) is 10.6. The van der Waals surface area contributed by atoms with E-state index in [1.807, 2.05) is 12.3 Å². The van der Waals surface area contributed by atoms with E-state index in [4.69, 9.17) is 0 Å². The van der Waals surface area contributed by atoms with Crippen molar-refractivity contribution in [3.63, 3.8) is 0 Å². The molecule has 2 N–H and O–H groups in total. The summed E-state index contributed by atoms with van der Waals surface area (Å²) in [4.78, 5) is 16.0. The molecule has 0 spiro atoms. The van der Waals surface area contributed by atoms with Gasteiger partial charge in [0, 0.05) is 5.38 Å². The average Bonchev–Trinajstić information content (AvgIpc) is 2.65. The Balaban J connectivity index is 1.91. The molecule has 2 rings (SSSR count). The Morgan fingerprint density at radius 1 is 1.67 bits per heavy atom. The van der Waals surface area contributed by atoms with Crippen LogP contribution >= 0.6 is 11.3 Å².